The largest absolute Gasteiger partial charge is 0.507 e. The van der Waals surface area contributed by atoms with E-state index < -0.39 is 94.1 Å². The Hall–Kier alpha value is -6.58. The van der Waals surface area contributed by atoms with Crippen molar-refractivity contribution in [2.45, 2.75) is 152 Å². The number of phenols is 1. The number of esters is 1. The van der Waals surface area contributed by atoms with Crippen molar-refractivity contribution in [3.8, 4) is 23.0 Å². The molecule has 1 unspecified atom stereocenters. The zero-order valence-electron chi connectivity index (χ0n) is 48.6. The van der Waals surface area contributed by atoms with Crippen molar-refractivity contribution in [1.82, 2.24) is 20.7 Å². The number of alkyl carbamates (subject to hydrolysis) is 1. The van der Waals surface area contributed by atoms with Gasteiger partial charge in [0.15, 0.2) is 5.72 Å². The SMILES string of the molecule is COc1cc2cc(c1Cl)N(C)C(=O)C[C@H](OC(=O)[C@H](C)N(C)C(=O)CCSSC(C)(C)CC(=O)N/N=C1\CCOc3cc(OCCCC(=O)ON4C(=O)CCC4=O)cc(O)c31)C1(C)O[C@H]1[C@H](C)[C@@H]1C[C@@](O)(NC(=O)O1)[C@H](OC)/C=C/C=C(\C)C2. The molecule has 27 heteroatoms. The average Bonchev–Trinajstić information content (AvgIpc) is 3.64. The third-order valence-corrected chi connectivity index (χ3v) is 18.7. The molecule has 24 nitrogen and oxygen atoms in total. The standard InChI is InChI=1S/C57H73ClN6O18S2/c1-31-13-11-14-42(76-10)57(74)29-41(79-54(73)59-57)32(2)52-56(6,81-52)43(28-48(70)63(8)37-24-34(23-31)25-40(75-9)51(37)58)80-53(72)33(3)62(7)45(67)19-22-83-84-55(4,5)30-44(66)61-60-36-18-21-78-39-27-35(26-38(65)50(36)39)77-20-12-15-49(71)82-64-46(68)16-17-47(64)69/h11,13-14,24-27,32-33,41-43,52,65,74H,12,15-23,28-30H2,1-10H3,(H,59,73)(H,61,66)/b14-11+,31-13+,60-36+/t32-,33+,41+,42-,43+,52+,56?,57+/m1/s1. The van der Waals surface area contributed by atoms with Gasteiger partial charge in [0.25, 0.3) is 11.8 Å². The molecule has 5 aliphatic rings. The number of carbonyl (C=O) groups excluding carboxylic acids is 8. The number of fused-ring (bicyclic) bond motifs is 6. The van der Waals surface area contributed by atoms with Gasteiger partial charge in [-0.15, -0.1) is 5.06 Å². The number of likely N-dealkylation sites (N-methyl/N-ethyl adjacent to an activating group) is 1. The number of imide groups is 1. The van der Waals surface area contributed by atoms with Gasteiger partial charge in [0, 0.05) is 88.3 Å². The molecule has 0 saturated carbocycles. The first-order chi connectivity index (χ1) is 39.7. The molecule has 458 valence electrons. The topological polar surface area (TPSA) is 300 Å². The molecule has 6 amide bonds. The van der Waals surface area contributed by atoms with Crippen LogP contribution in [0.4, 0.5) is 10.5 Å². The lowest BCUT2D eigenvalue weighted by atomic mass is 9.83. The molecular weight excluding hydrogens is 1160 g/mol. The molecule has 4 N–H and O–H groups in total. The molecule has 7 rings (SSSR count). The van der Waals surface area contributed by atoms with E-state index in [1.807, 2.05) is 26.8 Å². The first-order valence-electron chi connectivity index (χ1n) is 27.4. The second-order valence-electron chi connectivity index (χ2n) is 22.0. The summed E-state index contributed by atoms with van der Waals surface area (Å²) in [5.41, 5.74) is 2.04. The number of phenolic OH excluding ortho intramolecular Hbond substituents is 1. The highest BCUT2D eigenvalue weighted by Gasteiger charge is 2.64. The van der Waals surface area contributed by atoms with Crippen molar-refractivity contribution >= 4 is 92.2 Å². The molecule has 84 heavy (non-hydrogen) atoms. The monoisotopic (exact) mass is 1230 g/mol. The Morgan fingerprint density at radius 3 is 2.49 bits per heavy atom. The van der Waals surface area contributed by atoms with Crippen LogP contribution < -0.4 is 29.9 Å². The fourth-order valence-corrected chi connectivity index (χ4v) is 12.9. The van der Waals surface area contributed by atoms with Gasteiger partial charge in [-0.05, 0) is 65.2 Å². The minimum Gasteiger partial charge on any atom is -0.507 e. The Morgan fingerprint density at radius 2 is 1.79 bits per heavy atom. The fourth-order valence-electron chi connectivity index (χ4n) is 10.1. The van der Waals surface area contributed by atoms with Gasteiger partial charge >= 0.3 is 18.0 Å². The predicted octanol–water partition coefficient (Wildman–Crippen LogP) is 6.23. The number of anilines is 1. The number of ether oxygens (including phenoxy) is 7. The Kier molecular flexibility index (Phi) is 21.4. The summed E-state index contributed by atoms with van der Waals surface area (Å²) in [7, 11) is 8.66. The number of carbonyl (C=O) groups is 8. The third kappa shape index (κ3) is 15.8. The quantitative estimate of drug-likeness (QED) is 0.0303. The lowest BCUT2D eigenvalue weighted by Crippen LogP contribution is -2.63. The molecule has 2 aromatic rings. The van der Waals surface area contributed by atoms with Crippen LogP contribution in [0.3, 0.4) is 0 Å². The third-order valence-electron chi connectivity index (χ3n) is 15.0. The van der Waals surface area contributed by atoms with E-state index in [9.17, 15) is 48.6 Å². The number of allylic oxidation sites excluding steroid dienone is 3. The summed E-state index contributed by atoms with van der Waals surface area (Å²) >= 11 is 6.83. The van der Waals surface area contributed by atoms with Gasteiger partial charge in [0.2, 0.25) is 17.7 Å². The second-order valence-corrected chi connectivity index (χ2v) is 25.5. The van der Waals surface area contributed by atoms with Crippen LogP contribution in [0.15, 0.2) is 53.2 Å². The predicted molar refractivity (Wildman–Crippen MR) is 309 cm³/mol. The lowest BCUT2D eigenvalue weighted by Gasteiger charge is -2.42. The summed E-state index contributed by atoms with van der Waals surface area (Å²) in [6.45, 7) is 10.8. The van der Waals surface area contributed by atoms with E-state index in [4.69, 9.17) is 49.6 Å². The van der Waals surface area contributed by atoms with Crippen molar-refractivity contribution in [2.75, 3.05) is 52.2 Å². The molecule has 3 fully saturated rings. The van der Waals surface area contributed by atoms with E-state index in [0.717, 1.165) is 11.1 Å². The van der Waals surface area contributed by atoms with Crippen LogP contribution in [0.2, 0.25) is 5.02 Å². The summed E-state index contributed by atoms with van der Waals surface area (Å²) < 4.78 is 40.3. The first-order valence-corrected chi connectivity index (χ1v) is 30.1. The Labute approximate surface area is 499 Å². The fraction of sp³-hybridized carbons (Fsp3) is 0.561. The maximum atomic E-state index is 14.4. The number of benzene rings is 2. The summed E-state index contributed by atoms with van der Waals surface area (Å²) in [5, 5.41) is 30.3. The van der Waals surface area contributed by atoms with Crippen molar-refractivity contribution in [3.05, 3.63) is 64.2 Å². The number of halogens is 1. The molecule has 2 aromatic carbocycles. The minimum atomic E-state index is -1.89. The summed E-state index contributed by atoms with van der Waals surface area (Å²) in [4.78, 5) is 112. The molecule has 5 heterocycles. The van der Waals surface area contributed by atoms with Gasteiger partial charge in [0.05, 0.1) is 56.2 Å². The van der Waals surface area contributed by atoms with Crippen molar-refractivity contribution in [2.24, 2.45) is 11.0 Å². The van der Waals surface area contributed by atoms with Crippen LogP contribution in [0.1, 0.15) is 110 Å². The highest BCUT2D eigenvalue weighted by molar-refractivity contribution is 8.77. The normalized spacial score (nSPS) is 26.3. The number of aromatic hydroxyl groups is 1. The maximum Gasteiger partial charge on any atom is 0.409 e. The van der Waals surface area contributed by atoms with E-state index in [1.165, 1.54) is 65.6 Å². The number of aliphatic hydroxyl groups is 1. The molecular formula is C57H73ClN6O18S2. The van der Waals surface area contributed by atoms with Crippen LogP contribution in [0.5, 0.6) is 23.0 Å². The van der Waals surface area contributed by atoms with Crippen molar-refractivity contribution in [1.29, 1.82) is 0 Å². The molecule has 4 bridgehead atoms. The molecule has 8 atom stereocenters. The van der Waals surface area contributed by atoms with E-state index >= 15 is 0 Å². The number of hydrogen-bond acceptors (Lipinski definition) is 21. The molecule has 0 aromatic heterocycles. The minimum absolute atomic E-state index is 0.0120. The maximum absolute atomic E-state index is 14.4. The first kappa shape index (κ1) is 65.0. The molecule has 0 spiro atoms. The number of hydrazone groups is 1. The summed E-state index contributed by atoms with van der Waals surface area (Å²) in [6.07, 6.45) is 0.726. The molecule has 5 aliphatic heterocycles. The Balaban J connectivity index is 0.932. The van der Waals surface area contributed by atoms with E-state index in [0.29, 0.717) is 34.4 Å². The van der Waals surface area contributed by atoms with Crippen LogP contribution in [0, 0.1) is 5.92 Å². The van der Waals surface area contributed by atoms with E-state index in [1.54, 1.807) is 51.2 Å². The van der Waals surface area contributed by atoms with Gasteiger partial charge in [-0.2, -0.15) is 5.10 Å². The van der Waals surface area contributed by atoms with Gasteiger partial charge in [-0.25, -0.2) is 19.8 Å². The summed E-state index contributed by atoms with van der Waals surface area (Å²) in [5.74, 6) is -3.64. The number of amides is 6. The zero-order chi connectivity index (χ0) is 61.4. The highest BCUT2D eigenvalue weighted by Crippen LogP contribution is 2.49. The lowest BCUT2D eigenvalue weighted by molar-refractivity contribution is -0.197. The van der Waals surface area contributed by atoms with Gasteiger partial charge in [0.1, 0.15) is 58.0 Å². The van der Waals surface area contributed by atoms with E-state index in [-0.39, 0.29) is 105 Å². The van der Waals surface area contributed by atoms with Crippen LogP contribution >= 0.6 is 33.2 Å². The van der Waals surface area contributed by atoms with Gasteiger partial charge in [-0.1, -0.05) is 63.9 Å². The van der Waals surface area contributed by atoms with Crippen LogP contribution in [-0.4, -0.2) is 167 Å². The highest BCUT2D eigenvalue weighted by atomic mass is 35.5. The van der Waals surface area contributed by atoms with Crippen LogP contribution in [-0.2, 0) is 63.8 Å². The van der Waals surface area contributed by atoms with Crippen molar-refractivity contribution < 1.29 is 86.6 Å². The Morgan fingerprint density at radius 1 is 1.06 bits per heavy atom. The zero-order valence-corrected chi connectivity index (χ0v) is 51.0. The molecule has 0 radical (unpaired) electrons. The second kappa shape index (κ2) is 27.6. The number of rotatable bonds is 19. The number of nitrogens with one attached hydrogen (secondary N) is 2. The number of hydrogen-bond donors (Lipinski definition) is 4. The van der Waals surface area contributed by atoms with Crippen molar-refractivity contribution in [3.63, 3.8) is 0 Å². The average molecular weight is 1230 g/mol. The smallest absolute Gasteiger partial charge is 0.409 e. The van der Waals surface area contributed by atoms with Crippen LogP contribution in [0.25, 0.3) is 0 Å². The molecule has 3 saturated heterocycles. The van der Waals surface area contributed by atoms with Gasteiger partial charge < -0.3 is 58.0 Å². The molecule has 0 aliphatic carbocycles. The number of nitrogens with zero attached hydrogens (tertiary/aromatic N) is 4. The number of epoxide rings is 1. The number of hydroxylamine groups is 2. The summed E-state index contributed by atoms with van der Waals surface area (Å²) in [6, 6.07) is 5.32. The van der Waals surface area contributed by atoms with E-state index in [2.05, 4.69) is 15.8 Å². The van der Waals surface area contributed by atoms with Gasteiger partial charge in [-0.3, -0.25) is 29.3 Å². The Bertz CT molecular complexity index is 2960. The number of methoxy groups -OCH3 is 2.